The summed E-state index contributed by atoms with van der Waals surface area (Å²) < 4.78 is 30.3. The highest BCUT2D eigenvalue weighted by molar-refractivity contribution is 7.92. The van der Waals surface area contributed by atoms with E-state index in [0.717, 1.165) is 5.56 Å². The van der Waals surface area contributed by atoms with E-state index in [0.29, 0.717) is 16.6 Å². The first-order valence-electron chi connectivity index (χ1n) is 13.6. The topological polar surface area (TPSA) is 137 Å². The minimum atomic E-state index is -4.22. The molecule has 1 atom stereocenters. The minimum absolute atomic E-state index is 0.00389. The number of amides is 1. The third-order valence-electron chi connectivity index (χ3n) is 7.19. The largest absolute Gasteiger partial charge is 0.307 e. The number of hydrogen-bond donors (Lipinski definition) is 1. The number of hydrogen-bond acceptors (Lipinski definition) is 7. The molecule has 2 heterocycles. The maximum Gasteiger partial charge on any atom is 0.270 e. The molecule has 1 N–H and O–H groups in total. The zero-order valence-corrected chi connectivity index (χ0v) is 24.2. The smallest absolute Gasteiger partial charge is 0.270 e. The van der Waals surface area contributed by atoms with Crippen LogP contribution in [0.3, 0.4) is 0 Å². The molecule has 0 fully saturated rings. The van der Waals surface area contributed by atoms with Crippen LogP contribution >= 0.6 is 0 Å². The first-order valence-corrected chi connectivity index (χ1v) is 15.1. The van der Waals surface area contributed by atoms with E-state index in [1.54, 1.807) is 47.0 Å². The molecule has 2 aromatic heterocycles. The summed E-state index contributed by atoms with van der Waals surface area (Å²) in [5, 5.41) is 14.0. The van der Waals surface area contributed by atoms with Gasteiger partial charge in [0.2, 0.25) is 15.7 Å². The van der Waals surface area contributed by atoms with Crippen molar-refractivity contribution in [2.24, 2.45) is 0 Å². The van der Waals surface area contributed by atoms with Crippen molar-refractivity contribution in [2.45, 2.75) is 22.8 Å². The van der Waals surface area contributed by atoms with Crippen LogP contribution in [0, 0.1) is 10.1 Å². The van der Waals surface area contributed by atoms with Crippen LogP contribution in [-0.2, 0) is 14.6 Å². The van der Waals surface area contributed by atoms with Crippen LogP contribution in [0.2, 0.25) is 0 Å². The first-order chi connectivity index (χ1) is 21.2. The molecule has 4 aromatic carbocycles. The fourth-order valence-corrected chi connectivity index (χ4v) is 6.60. The second-order valence-electron chi connectivity index (χ2n) is 10.0. The minimum Gasteiger partial charge on any atom is -0.307 e. The van der Waals surface area contributed by atoms with Crippen molar-refractivity contribution in [1.29, 1.82) is 0 Å². The van der Waals surface area contributed by atoms with Crippen molar-refractivity contribution in [3.8, 4) is 0 Å². The molecule has 0 aliphatic heterocycles. The van der Waals surface area contributed by atoms with Crippen LogP contribution in [0.15, 0.2) is 125 Å². The van der Waals surface area contributed by atoms with Gasteiger partial charge in [0.05, 0.1) is 26.9 Å². The second-order valence-corrected chi connectivity index (χ2v) is 11.9. The molecule has 44 heavy (non-hydrogen) atoms. The molecule has 0 bridgehead atoms. The molecule has 0 saturated carbocycles. The molecule has 10 nitrogen and oxygen atoms in total. The van der Waals surface area contributed by atoms with Gasteiger partial charge in [-0.05, 0) is 48.4 Å². The monoisotopic (exact) mass is 603 g/mol. The predicted octanol–water partition coefficient (Wildman–Crippen LogP) is 6.59. The number of rotatable bonds is 8. The van der Waals surface area contributed by atoms with E-state index in [2.05, 4.69) is 5.32 Å². The molecular formula is C33H25N5O5S. The molecule has 0 radical (unpaired) electrons. The lowest BCUT2D eigenvalue weighted by atomic mass is 10.1. The van der Waals surface area contributed by atoms with Gasteiger partial charge in [-0.1, -0.05) is 72.8 Å². The Balaban J connectivity index is 1.59. The number of para-hydroxylation sites is 2. The van der Waals surface area contributed by atoms with Crippen LogP contribution in [0.4, 0.5) is 11.5 Å². The highest BCUT2D eigenvalue weighted by atomic mass is 32.2. The number of benzene rings is 4. The van der Waals surface area contributed by atoms with Crippen molar-refractivity contribution in [2.75, 3.05) is 5.32 Å². The fourth-order valence-electron chi connectivity index (χ4n) is 5.06. The maximum absolute atomic E-state index is 14.3. The van der Waals surface area contributed by atoms with Crippen molar-refractivity contribution in [3.63, 3.8) is 0 Å². The summed E-state index contributed by atoms with van der Waals surface area (Å²) in [5.41, 5.74) is 2.62. The third kappa shape index (κ3) is 5.32. The van der Waals surface area contributed by atoms with Gasteiger partial charge in [0, 0.05) is 18.2 Å². The molecule has 6 rings (SSSR count). The number of sulfone groups is 1. The van der Waals surface area contributed by atoms with Crippen LogP contribution in [-0.4, -0.2) is 33.8 Å². The Labute approximate surface area is 252 Å². The Morgan fingerprint density at radius 1 is 0.886 bits per heavy atom. The van der Waals surface area contributed by atoms with Gasteiger partial charge in [0.15, 0.2) is 5.65 Å². The number of non-ortho nitro benzene ring substituents is 1. The summed E-state index contributed by atoms with van der Waals surface area (Å²) in [7, 11) is -4.22. The van der Waals surface area contributed by atoms with Crippen LogP contribution in [0.1, 0.15) is 24.1 Å². The van der Waals surface area contributed by atoms with Gasteiger partial charge >= 0.3 is 0 Å². The Kier molecular flexibility index (Phi) is 7.46. The number of carbonyl (C=O) groups is 1. The van der Waals surface area contributed by atoms with E-state index in [9.17, 15) is 23.3 Å². The Morgan fingerprint density at radius 3 is 2.20 bits per heavy atom. The second kappa shape index (κ2) is 11.5. The van der Waals surface area contributed by atoms with Crippen LogP contribution in [0.25, 0.3) is 28.3 Å². The van der Waals surface area contributed by atoms with Gasteiger partial charge in [-0.25, -0.2) is 18.4 Å². The third-order valence-corrected chi connectivity index (χ3v) is 9.01. The Hall–Kier alpha value is -5.68. The molecule has 0 spiro atoms. The average molecular weight is 604 g/mol. The lowest BCUT2D eigenvalue weighted by Crippen LogP contribution is -2.18. The van der Waals surface area contributed by atoms with Crippen LogP contribution < -0.4 is 5.32 Å². The number of nitrogens with one attached hydrogen (secondary N) is 1. The predicted molar refractivity (Wildman–Crippen MR) is 168 cm³/mol. The van der Waals surface area contributed by atoms with Gasteiger partial charge in [-0.15, -0.1) is 0 Å². The number of nitro benzene ring substituents is 1. The van der Waals surface area contributed by atoms with Crippen molar-refractivity contribution < 1.29 is 18.1 Å². The number of fused-ring (bicyclic) bond motifs is 2. The molecule has 0 aliphatic rings. The van der Waals surface area contributed by atoms with Crippen LogP contribution in [0.5, 0.6) is 0 Å². The molecule has 11 heteroatoms. The average Bonchev–Trinajstić information content (AvgIpc) is 3.36. The van der Waals surface area contributed by atoms with Gasteiger partial charge in [0.1, 0.15) is 16.2 Å². The van der Waals surface area contributed by atoms with Gasteiger partial charge in [-0.3, -0.25) is 14.9 Å². The normalized spacial score (nSPS) is 12.5. The van der Waals surface area contributed by atoms with Crippen molar-refractivity contribution in [3.05, 3.63) is 137 Å². The first kappa shape index (κ1) is 28.4. The van der Waals surface area contributed by atoms with Gasteiger partial charge < -0.3 is 9.88 Å². The van der Waals surface area contributed by atoms with Gasteiger partial charge in [0.25, 0.3) is 5.69 Å². The zero-order valence-electron chi connectivity index (χ0n) is 23.4. The van der Waals surface area contributed by atoms with Gasteiger partial charge in [-0.2, -0.15) is 0 Å². The summed E-state index contributed by atoms with van der Waals surface area (Å²) in [4.78, 5) is 33.6. The summed E-state index contributed by atoms with van der Waals surface area (Å²) in [6.45, 7) is 1.89. The standard InChI is InChI=1S/C33H25N5O5S/c1-22(24-12-4-2-5-13-24)37-32-30(34-27-17-8-9-18-28(27)35-32)31(44(42,43)26-15-6-3-7-16-26)33(37)36-29(39)20-19-23-11-10-14-25(21-23)38(40)41/h2-22H,1H3,(H,36,39)/b20-19+/t22-/m1/s1. The molecule has 0 saturated heterocycles. The lowest BCUT2D eigenvalue weighted by molar-refractivity contribution is -0.384. The molecular weight excluding hydrogens is 578 g/mol. The highest BCUT2D eigenvalue weighted by Crippen LogP contribution is 2.40. The zero-order chi connectivity index (χ0) is 30.8. The number of nitrogens with zero attached hydrogens (tertiary/aromatic N) is 4. The van der Waals surface area contributed by atoms with E-state index in [-0.39, 0.29) is 32.5 Å². The summed E-state index contributed by atoms with van der Waals surface area (Å²) in [6.07, 6.45) is 2.62. The molecule has 1 amide bonds. The summed E-state index contributed by atoms with van der Waals surface area (Å²) in [6, 6.07) is 29.9. The van der Waals surface area contributed by atoms with Crippen molar-refractivity contribution in [1.82, 2.24) is 14.5 Å². The molecule has 6 aromatic rings. The fraction of sp³-hybridized carbons (Fsp3) is 0.0606. The van der Waals surface area contributed by atoms with E-state index < -0.39 is 26.7 Å². The number of nitro groups is 1. The molecule has 218 valence electrons. The number of anilines is 1. The van der Waals surface area contributed by atoms with E-state index in [1.165, 1.54) is 42.5 Å². The van der Waals surface area contributed by atoms with E-state index >= 15 is 0 Å². The molecule has 0 aliphatic carbocycles. The Morgan fingerprint density at radius 2 is 1.52 bits per heavy atom. The molecule has 0 unspecified atom stereocenters. The van der Waals surface area contributed by atoms with E-state index in [4.69, 9.17) is 9.97 Å². The number of aromatic nitrogens is 3. The SMILES string of the molecule is C[C@H](c1ccccc1)n1c(NC(=O)/C=C/c2cccc([N+](=O)[O-])c2)c(S(=O)(=O)c2ccccc2)c2nc3ccccc3nc21. The number of carbonyl (C=O) groups excluding carboxylic acids is 1. The van der Waals surface area contributed by atoms with E-state index in [1.807, 2.05) is 43.3 Å². The summed E-state index contributed by atoms with van der Waals surface area (Å²) in [5.74, 6) is -0.640. The Bertz CT molecular complexity index is 2180. The maximum atomic E-state index is 14.3. The van der Waals surface area contributed by atoms with Crippen molar-refractivity contribution >= 4 is 55.5 Å². The highest BCUT2D eigenvalue weighted by Gasteiger charge is 2.33. The summed E-state index contributed by atoms with van der Waals surface area (Å²) >= 11 is 0. The quantitative estimate of drug-likeness (QED) is 0.118. The lowest BCUT2D eigenvalue weighted by Gasteiger charge is -2.19.